The van der Waals surface area contributed by atoms with Gasteiger partial charge in [-0.3, -0.25) is 14.4 Å². The lowest BCUT2D eigenvalue weighted by Crippen LogP contribution is -2.59. The van der Waals surface area contributed by atoms with Crippen LogP contribution in [0.3, 0.4) is 0 Å². The maximum atomic E-state index is 14.3. The molecule has 1 aromatic heterocycles. The van der Waals surface area contributed by atoms with Crippen LogP contribution in [0, 0.1) is 0 Å². The van der Waals surface area contributed by atoms with E-state index in [-0.39, 0.29) is 17.5 Å². The normalized spacial score (nSPS) is 21.9. The average Bonchev–Trinajstić information content (AvgIpc) is 3.45. The van der Waals surface area contributed by atoms with Crippen LogP contribution in [0.25, 0.3) is 0 Å². The highest BCUT2D eigenvalue weighted by Gasteiger charge is 2.49. The molecule has 2 N–H and O–H groups in total. The van der Waals surface area contributed by atoms with Crippen molar-refractivity contribution in [3.8, 4) is 0 Å². The van der Waals surface area contributed by atoms with Gasteiger partial charge in [-0.25, -0.2) is 23.4 Å². The third kappa shape index (κ3) is 6.95. The second-order valence-corrected chi connectivity index (χ2v) is 14.4. The van der Waals surface area contributed by atoms with E-state index in [4.69, 9.17) is 32.8 Å². The molecule has 0 radical (unpaired) electrons. The van der Waals surface area contributed by atoms with Crippen LogP contribution >= 0.6 is 34.5 Å². The van der Waals surface area contributed by atoms with Gasteiger partial charge in [0.05, 0.1) is 30.9 Å². The van der Waals surface area contributed by atoms with Crippen molar-refractivity contribution in [3.63, 3.8) is 0 Å². The van der Waals surface area contributed by atoms with E-state index < -0.39 is 45.9 Å². The molecule has 2 amide bonds. The van der Waals surface area contributed by atoms with E-state index in [1.807, 2.05) is 0 Å². The maximum absolute atomic E-state index is 14.3. The lowest BCUT2D eigenvalue weighted by Gasteiger charge is -2.49. The Labute approximate surface area is 269 Å². The molecule has 3 aromatic rings. The van der Waals surface area contributed by atoms with E-state index >= 15 is 0 Å². The van der Waals surface area contributed by atoms with Crippen molar-refractivity contribution in [2.75, 3.05) is 13.4 Å². The van der Waals surface area contributed by atoms with Gasteiger partial charge >= 0.3 is 5.97 Å². The highest BCUT2D eigenvalue weighted by atomic mass is 35.5. The van der Waals surface area contributed by atoms with Gasteiger partial charge in [0.25, 0.3) is 11.8 Å². The van der Waals surface area contributed by atoms with Crippen molar-refractivity contribution in [2.45, 2.75) is 56.3 Å². The Kier molecular flexibility index (Phi) is 9.98. The van der Waals surface area contributed by atoms with Crippen LogP contribution in [-0.4, -0.2) is 56.6 Å². The number of benzene rings is 2. The number of carbonyl (C=O) groups is 3. The Morgan fingerprint density at radius 1 is 1.07 bits per heavy atom. The number of ether oxygens (including phenoxy) is 1. The van der Waals surface area contributed by atoms with Crippen molar-refractivity contribution in [3.05, 3.63) is 91.1 Å². The molecule has 0 spiro atoms. The number of nitrogens with one attached hydrogen (secondary N) is 2. The third-order valence-corrected chi connectivity index (χ3v) is 10.1. The second-order valence-electron chi connectivity index (χ2n) is 10.8. The molecule has 4 atom stereocenters. The fourth-order valence-electron chi connectivity index (χ4n) is 6.05. The summed E-state index contributed by atoms with van der Waals surface area (Å²) in [6.07, 6.45) is 3.70. The number of hydrogen-bond acceptors (Lipinski definition) is 8. The van der Waals surface area contributed by atoms with E-state index in [0.29, 0.717) is 45.0 Å². The first kappa shape index (κ1) is 32.4. The van der Waals surface area contributed by atoms with Crippen LogP contribution in [0.15, 0.2) is 53.9 Å². The molecular weight excluding hydrogens is 649 g/mol. The zero-order valence-electron chi connectivity index (χ0n) is 23.9. The summed E-state index contributed by atoms with van der Waals surface area (Å²) in [5.74, 6) is -2.31. The molecule has 44 heavy (non-hydrogen) atoms. The molecule has 1 saturated carbocycles. The van der Waals surface area contributed by atoms with Crippen LogP contribution in [0.2, 0.25) is 10.0 Å². The Morgan fingerprint density at radius 2 is 1.82 bits per heavy atom. The smallest absolute Gasteiger partial charge is 0.338 e. The van der Waals surface area contributed by atoms with Crippen molar-refractivity contribution in [1.82, 2.24) is 15.1 Å². The molecule has 1 aliphatic carbocycles. The molecule has 2 aliphatic rings. The van der Waals surface area contributed by atoms with Crippen LogP contribution < -0.4 is 10.2 Å². The van der Waals surface area contributed by atoms with Gasteiger partial charge in [0.15, 0.2) is 0 Å². The summed E-state index contributed by atoms with van der Waals surface area (Å²) in [4.78, 5) is 48.1. The Morgan fingerprint density at radius 3 is 2.55 bits per heavy atom. The minimum absolute atomic E-state index is 0.0141. The molecule has 234 valence electrons. The standard InChI is InChI=1S/C30H31Cl2N3O7S2/c1-41-30(38)17-13-19(43-16-17)15-42-33-28(36)26-20-7-3-4-8-21(20)29(37)35(27(26)22-12-11-18(31)14-23(22)32)25-10-6-5-9-24(25)34-44(2,39)40/h3-4,7-8,11-14,16,24-27,34H,5-6,9-10,15H2,1-2H3,(H,33,36)/t24-,25-,26+,27-/m0/s1. The van der Waals surface area contributed by atoms with Gasteiger partial charge in [0, 0.05) is 37.9 Å². The zero-order valence-corrected chi connectivity index (χ0v) is 27.1. The van der Waals surface area contributed by atoms with Crippen molar-refractivity contribution >= 4 is 62.3 Å². The van der Waals surface area contributed by atoms with Gasteiger partial charge in [-0.05, 0) is 48.2 Å². The van der Waals surface area contributed by atoms with Crippen molar-refractivity contribution < 1.29 is 32.4 Å². The largest absolute Gasteiger partial charge is 0.465 e. The third-order valence-electron chi connectivity index (χ3n) is 7.85. The van der Waals surface area contributed by atoms with Crippen molar-refractivity contribution in [2.24, 2.45) is 0 Å². The molecule has 10 nitrogen and oxygen atoms in total. The predicted octanol–water partition coefficient (Wildman–Crippen LogP) is 5.23. The number of amides is 2. The topological polar surface area (TPSA) is 131 Å². The number of hydrogen-bond donors (Lipinski definition) is 2. The SMILES string of the molecule is COC(=O)c1csc(CONC(=O)[C@@H]2c3ccccc3C(=O)N([C@H]3CCCC[C@@H]3NS(C)(=O)=O)[C@H]2c2ccc(Cl)cc2Cl)c1. The monoisotopic (exact) mass is 679 g/mol. The van der Waals surface area contributed by atoms with Gasteiger partial charge < -0.3 is 9.64 Å². The van der Waals surface area contributed by atoms with E-state index in [2.05, 4.69) is 10.2 Å². The second kappa shape index (κ2) is 13.6. The first-order valence-electron chi connectivity index (χ1n) is 13.9. The van der Waals surface area contributed by atoms with E-state index in [0.717, 1.165) is 19.1 Å². The molecule has 5 rings (SSSR count). The molecule has 1 fully saturated rings. The van der Waals surface area contributed by atoms with Crippen LogP contribution in [0.5, 0.6) is 0 Å². The summed E-state index contributed by atoms with van der Waals surface area (Å²) in [7, 11) is -2.31. The fraction of sp³-hybridized carbons (Fsp3) is 0.367. The number of methoxy groups -OCH3 is 1. The summed E-state index contributed by atoms with van der Waals surface area (Å²) in [6, 6.07) is 11.3. The molecular formula is C30H31Cl2N3O7S2. The number of sulfonamides is 1. The lowest BCUT2D eigenvalue weighted by molar-refractivity contribution is -0.138. The summed E-state index contributed by atoms with van der Waals surface area (Å²) < 4.78 is 32.2. The molecule has 0 saturated heterocycles. The van der Waals surface area contributed by atoms with Gasteiger partial charge in [-0.15, -0.1) is 11.3 Å². The molecule has 0 bridgehead atoms. The van der Waals surface area contributed by atoms with E-state index in [1.54, 1.807) is 58.8 Å². The molecule has 2 heterocycles. The van der Waals surface area contributed by atoms with Crippen LogP contribution in [0.4, 0.5) is 0 Å². The minimum Gasteiger partial charge on any atom is -0.465 e. The number of nitrogens with zero attached hydrogens (tertiary/aromatic N) is 1. The number of halogens is 2. The summed E-state index contributed by atoms with van der Waals surface area (Å²) in [5.41, 5.74) is 4.23. The highest BCUT2D eigenvalue weighted by molar-refractivity contribution is 7.88. The van der Waals surface area contributed by atoms with E-state index in [9.17, 15) is 22.8 Å². The number of rotatable bonds is 9. The predicted molar refractivity (Wildman–Crippen MR) is 167 cm³/mol. The van der Waals surface area contributed by atoms with Crippen molar-refractivity contribution in [1.29, 1.82) is 0 Å². The number of esters is 1. The number of carbonyl (C=O) groups excluding carboxylic acids is 3. The van der Waals surface area contributed by atoms with Crippen LogP contribution in [0.1, 0.15) is 74.4 Å². The summed E-state index contributed by atoms with van der Waals surface area (Å²) >= 11 is 14.3. The number of thiophene rings is 1. The molecule has 2 aromatic carbocycles. The van der Waals surface area contributed by atoms with Gasteiger partial charge in [0.1, 0.15) is 6.61 Å². The minimum atomic E-state index is -3.60. The summed E-state index contributed by atoms with van der Waals surface area (Å²) in [6.45, 7) is -0.0141. The summed E-state index contributed by atoms with van der Waals surface area (Å²) in [5, 5.41) is 2.28. The average molecular weight is 681 g/mol. The zero-order chi connectivity index (χ0) is 31.6. The Balaban J connectivity index is 1.55. The Hall–Kier alpha value is -3.00. The van der Waals surface area contributed by atoms with Crippen LogP contribution in [-0.2, 0) is 31.0 Å². The quantitative estimate of drug-likeness (QED) is 0.234. The first-order valence-corrected chi connectivity index (χ1v) is 17.4. The van der Waals surface area contributed by atoms with Gasteiger partial charge in [-0.2, -0.15) is 0 Å². The van der Waals surface area contributed by atoms with E-state index in [1.165, 1.54) is 18.4 Å². The molecule has 14 heteroatoms. The van der Waals surface area contributed by atoms with Gasteiger partial charge in [0.2, 0.25) is 10.0 Å². The number of fused-ring (bicyclic) bond motifs is 1. The lowest BCUT2D eigenvalue weighted by atomic mass is 9.76. The van der Waals surface area contributed by atoms with Gasteiger partial charge in [-0.1, -0.05) is 60.3 Å². The number of hydroxylamine groups is 1. The molecule has 1 aliphatic heterocycles. The fourth-order valence-corrected chi connectivity index (χ4v) is 8.16. The maximum Gasteiger partial charge on any atom is 0.338 e. The first-order chi connectivity index (χ1) is 21.0. The highest BCUT2D eigenvalue weighted by Crippen LogP contribution is 2.47. The Bertz CT molecular complexity index is 1680. The molecule has 0 unspecified atom stereocenters.